The lowest BCUT2D eigenvalue weighted by atomic mass is 10.0. The van der Waals surface area contributed by atoms with Crippen molar-refractivity contribution in [3.05, 3.63) is 65.6 Å². The quantitative estimate of drug-likeness (QED) is 0.434. The molecule has 12 heteroatoms. The summed E-state index contributed by atoms with van der Waals surface area (Å²) >= 11 is 0. The molecule has 6 rings (SSSR count). The third-order valence-electron chi connectivity index (χ3n) is 6.60. The second kappa shape index (κ2) is 7.60. The van der Waals surface area contributed by atoms with E-state index in [9.17, 15) is 18.0 Å². The largest absolute Gasteiger partial charge is 0.417 e. The summed E-state index contributed by atoms with van der Waals surface area (Å²) in [5.74, 6) is -1.22. The molecule has 0 spiro atoms. The average Bonchev–Trinajstić information content (AvgIpc) is 3.46. The lowest BCUT2D eigenvalue weighted by Gasteiger charge is -2.40. The van der Waals surface area contributed by atoms with Crippen molar-refractivity contribution in [2.45, 2.75) is 37.3 Å². The monoisotopic (exact) mass is 486 g/mol. The van der Waals surface area contributed by atoms with E-state index in [0.717, 1.165) is 18.3 Å². The van der Waals surface area contributed by atoms with Crippen molar-refractivity contribution in [2.75, 3.05) is 12.3 Å². The van der Waals surface area contributed by atoms with E-state index in [4.69, 9.17) is 10.5 Å². The van der Waals surface area contributed by atoms with Crippen LogP contribution in [0.15, 0.2) is 43.0 Å². The highest BCUT2D eigenvalue weighted by Crippen LogP contribution is 2.41. The van der Waals surface area contributed by atoms with Crippen molar-refractivity contribution in [1.82, 2.24) is 24.3 Å². The highest BCUT2D eigenvalue weighted by molar-refractivity contribution is 5.98. The first-order valence-corrected chi connectivity index (χ1v) is 10.9. The zero-order valence-electron chi connectivity index (χ0n) is 18.0. The molecule has 2 N–H and O–H groups in total. The predicted octanol–water partition coefficient (Wildman–Crippen LogP) is 3.76. The van der Waals surface area contributed by atoms with Gasteiger partial charge in [0.05, 0.1) is 52.6 Å². The summed E-state index contributed by atoms with van der Waals surface area (Å²) in [4.78, 5) is 27.4. The number of nitrogens with two attached hydrogens (primary N) is 1. The fourth-order valence-electron chi connectivity index (χ4n) is 4.96. The number of halogens is 4. The van der Waals surface area contributed by atoms with Crippen LogP contribution in [0.3, 0.4) is 0 Å². The van der Waals surface area contributed by atoms with Gasteiger partial charge in [-0.15, -0.1) is 0 Å². The van der Waals surface area contributed by atoms with E-state index in [1.807, 2.05) is 0 Å². The maximum Gasteiger partial charge on any atom is 0.417 e. The Labute approximate surface area is 195 Å². The number of nitrogens with zero attached hydrogens (tertiary/aromatic N) is 5. The van der Waals surface area contributed by atoms with Crippen molar-refractivity contribution < 1.29 is 27.1 Å². The molecule has 1 aromatic carbocycles. The Morgan fingerprint density at radius 2 is 1.97 bits per heavy atom. The number of anilines is 1. The number of ether oxygens (including phenoxy) is 1. The van der Waals surface area contributed by atoms with Gasteiger partial charge in [-0.25, -0.2) is 14.4 Å². The molecule has 2 bridgehead atoms. The molecule has 180 valence electrons. The van der Waals surface area contributed by atoms with Crippen LogP contribution in [-0.2, 0) is 10.9 Å². The van der Waals surface area contributed by atoms with Gasteiger partial charge in [0.1, 0.15) is 23.2 Å². The van der Waals surface area contributed by atoms with Gasteiger partial charge >= 0.3 is 6.18 Å². The van der Waals surface area contributed by atoms with Crippen LogP contribution >= 0.6 is 0 Å². The number of hydrogen-bond acceptors (Lipinski definition) is 6. The molecule has 35 heavy (non-hydrogen) atoms. The van der Waals surface area contributed by atoms with E-state index in [1.165, 1.54) is 29.6 Å². The van der Waals surface area contributed by atoms with E-state index >= 15 is 4.39 Å². The SMILES string of the molecule is Nc1nc2cc(F)c(C(=O)N3CC4CCC(O4)C3c3ccc(C(F)(F)F)cn3)cc2n2cncc12. The minimum Gasteiger partial charge on any atom is -0.382 e. The molecule has 0 saturated carbocycles. The van der Waals surface area contributed by atoms with Gasteiger partial charge in [0.2, 0.25) is 0 Å². The number of nitrogen functional groups attached to an aromatic ring is 1. The van der Waals surface area contributed by atoms with Gasteiger partial charge in [-0.1, -0.05) is 0 Å². The van der Waals surface area contributed by atoms with Crippen molar-refractivity contribution >= 4 is 28.3 Å². The number of amides is 1. The van der Waals surface area contributed by atoms with Crippen LogP contribution in [0.5, 0.6) is 0 Å². The molecule has 2 aliphatic heterocycles. The Balaban J connectivity index is 1.43. The summed E-state index contributed by atoms with van der Waals surface area (Å²) in [7, 11) is 0. The van der Waals surface area contributed by atoms with Crippen LogP contribution in [0.2, 0.25) is 0 Å². The Kier molecular flexibility index (Phi) is 4.72. The number of morpholine rings is 1. The van der Waals surface area contributed by atoms with Gasteiger partial charge in [-0.05, 0) is 31.0 Å². The van der Waals surface area contributed by atoms with Gasteiger partial charge < -0.3 is 15.4 Å². The standard InChI is InChI=1S/C23H18F4N6O2/c24-14-6-16-17(33-10-29-8-18(33)21(28)31-16)5-13(14)22(34)32-9-12-2-4-19(35-12)20(32)15-3-1-11(7-30-15)23(25,26)27/h1,3,5-8,10,12,19-20H,2,4,9H2,(H2,28,31). The fraction of sp³-hybridized carbons (Fsp3) is 0.304. The third-order valence-corrected chi connectivity index (χ3v) is 6.60. The summed E-state index contributed by atoms with van der Waals surface area (Å²) in [6.07, 6.45) is -0.184. The topological polar surface area (TPSA) is 98.6 Å². The number of pyridine rings is 1. The van der Waals surface area contributed by atoms with E-state index in [1.54, 1.807) is 4.40 Å². The lowest BCUT2D eigenvalue weighted by Crippen LogP contribution is -2.48. The lowest BCUT2D eigenvalue weighted by molar-refractivity contribution is -0.137. The number of likely N-dealkylation sites (tertiary alicyclic amines) is 1. The molecule has 1 amide bonds. The number of carbonyl (C=O) groups is 1. The molecule has 3 aromatic heterocycles. The number of fused-ring (bicyclic) bond motifs is 5. The number of alkyl halides is 3. The highest BCUT2D eigenvalue weighted by atomic mass is 19.4. The van der Waals surface area contributed by atoms with E-state index in [-0.39, 0.29) is 35.2 Å². The Bertz CT molecular complexity index is 1470. The molecule has 2 aliphatic rings. The van der Waals surface area contributed by atoms with E-state index in [0.29, 0.717) is 23.9 Å². The number of rotatable bonds is 2. The number of imidazole rings is 1. The Hall–Kier alpha value is -3.80. The first kappa shape index (κ1) is 21.7. The normalized spacial score (nSPS) is 22.3. The summed E-state index contributed by atoms with van der Waals surface area (Å²) in [6.45, 7) is 0.167. The summed E-state index contributed by atoms with van der Waals surface area (Å²) in [5, 5.41) is 0. The van der Waals surface area contributed by atoms with Crippen LogP contribution in [0.25, 0.3) is 16.6 Å². The van der Waals surface area contributed by atoms with E-state index in [2.05, 4.69) is 15.0 Å². The van der Waals surface area contributed by atoms with Gasteiger partial charge in [0, 0.05) is 18.8 Å². The molecular formula is C23H18F4N6O2. The Morgan fingerprint density at radius 1 is 1.14 bits per heavy atom. The average molecular weight is 486 g/mol. The first-order chi connectivity index (χ1) is 16.7. The van der Waals surface area contributed by atoms with Gasteiger partial charge in [0.15, 0.2) is 0 Å². The smallest absolute Gasteiger partial charge is 0.382 e. The van der Waals surface area contributed by atoms with Gasteiger partial charge in [0.25, 0.3) is 5.91 Å². The second-order valence-electron chi connectivity index (χ2n) is 8.71. The molecule has 5 heterocycles. The van der Waals surface area contributed by atoms with E-state index < -0.39 is 35.6 Å². The van der Waals surface area contributed by atoms with Crippen molar-refractivity contribution in [1.29, 1.82) is 0 Å². The van der Waals surface area contributed by atoms with Crippen LogP contribution in [0.4, 0.5) is 23.4 Å². The van der Waals surface area contributed by atoms with Crippen LogP contribution < -0.4 is 5.73 Å². The fourth-order valence-corrected chi connectivity index (χ4v) is 4.96. The molecule has 0 radical (unpaired) electrons. The molecule has 8 nitrogen and oxygen atoms in total. The third kappa shape index (κ3) is 3.47. The summed E-state index contributed by atoms with van der Waals surface area (Å²) in [6, 6.07) is 3.95. The van der Waals surface area contributed by atoms with Crippen molar-refractivity contribution in [3.8, 4) is 0 Å². The predicted molar refractivity (Wildman–Crippen MR) is 116 cm³/mol. The Morgan fingerprint density at radius 3 is 2.71 bits per heavy atom. The first-order valence-electron chi connectivity index (χ1n) is 10.9. The highest BCUT2D eigenvalue weighted by Gasteiger charge is 2.46. The van der Waals surface area contributed by atoms with Gasteiger partial charge in [-0.3, -0.25) is 14.2 Å². The summed E-state index contributed by atoms with van der Waals surface area (Å²) < 4.78 is 61.8. The zero-order chi connectivity index (χ0) is 24.5. The number of hydrogen-bond donors (Lipinski definition) is 1. The zero-order valence-corrected chi connectivity index (χ0v) is 18.0. The maximum atomic E-state index is 15.2. The van der Waals surface area contributed by atoms with Crippen molar-refractivity contribution in [3.63, 3.8) is 0 Å². The minimum atomic E-state index is -4.53. The molecule has 0 aliphatic carbocycles. The summed E-state index contributed by atoms with van der Waals surface area (Å²) in [5.41, 5.74) is 6.30. The molecule has 2 fully saturated rings. The second-order valence-corrected chi connectivity index (χ2v) is 8.71. The number of benzene rings is 1. The van der Waals surface area contributed by atoms with Crippen LogP contribution in [0, 0.1) is 5.82 Å². The molecule has 3 atom stereocenters. The molecule has 2 saturated heterocycles. The van der Waals surface area contributed by atoms with Crippen molar-refractivity contribution in [2.24, 2.45) is 0 Å². The minimum absolute atomic E-state index is 0.167. The number of carbonyl (C=O) groups excluding carboxylic acids is 1. The van der Waals surface area contributed by atoms with Crippen LogP contribution in [0.1, 0.15) is 40.5 Å². The molecule has 4 aromatic rings. The maximum absolute atomic E-state index is 15.2. The number of aromatic nitrogens is 4. The van der Waals surface area contributed by atoms with Crippen LogP contribution in [-0.4, -0.2) is 48.9 Å². The molecular weight excluding hydrogens is 468 g/mol. The molecule has 3 unspecified atom stereocenters. The van der Waals surface area contributed by atoms with Gasteiger partial charge in [-0.2, -0.15) is 13.2 Å².